The van der Waals surface area contributed by atoms with Crippen molar-refractivity contribution in [1.82, 2.24) is 4.90 Å². The molecule has 0 atom stereocenters. The van der Waals surface area contributed by atoms with Crippen LogP contribution >= 0.6 is 22.9 Å². The van der Waals surface area contributed by atoms with Crippen LogP contribution in [0.15, 0.2) is 45.8 Å². The minimum Gasteiger partial charge on any atom is -0.402 e. The van der Waals surface area contributed by atoms with Gasteiger partial charge in [0.2, 0.25) is 0 Å². The fourth-order valence-corrected chi connectivity index (χ4v) is 5.72. The third-order valence-electron chi connectivity index (χ3n) is 6.12. The van der Waals surface area contributed by atoms with Crippen molar-refractivity contribution < 1.29 is 22.3 Å². The average Bonchev–Trinajstić information content (AvgIpc) is 3.15. The minimum absolute atomic E-state index is 0.0319. The molecule has 2 N–H and O–H groups in total. The van der Waals surface area contributed by atoms with Gasteiger partial charge < -0.3 is 10.5 Å². The third-order valence-corrected chi connectivity index (χ3v) is 7.57. The van der Waals surface area contributed by atoms with E-state index in [1.165, 1.54) is 18.4 Å². The number of thiophene rings is 1. The summed E-state index contributed by atoms with van der Waals surface area (Å²) in [5, 5.41) is 0. The number of likely N-dealkylation sites (tertiary alicyclic amines) is 1. The lowest BCUT2D eigenvalue weighted by Crippen LogP contribution is -2.49. The molecule has 174 valence electrons. The Hall–Kier alpha value is -1.68. The van der Waals surface area contributed by atoms with Gasteiger partial charge in [0.05, 0.1) is 4.34 Å². The quantitative estimate of drug-likeness (QED) is 0.420. The molecule has 0 bridgehead atoms. The molecule has 4 nitrogen and oxygen atoms in total. The number of piperidine rings is 1. The van der Waals surface area contributed by atoms with Crippen molar-refractivity contribution in [3.8, 4) is 0 Å². The standard InChI is InChI=1S/C22H24ClF4N3OS/c1-13(28)14(10-29-19-16(24)3-2-4-17(19)25)11-30-7-5-21(6-8-30)20-15(9-18(23)32-20)22(26,27)12-31-21/h3,9-10H,2,4-8,11-12,28H2,1H3/b14-13+,29-10?. The number of halogens is 5. The molecule has 1 aromatic heterocycles. The van der Waals surface area contributed by atoms with Crippen LogP contribution in [0.3, 0.4) is 0 Å². The maximum atomic E-state index is 14.3. The van der Waals surface area contributed by atoms with E-state index >= 15 is 0 Å². The molecule has 1 aromatic rings. The SMILES string of the molecule is C/C(N)=C(/C=NC1=C(F)CCC=C1F)CN1CCC2(CC1)OCC(F)(F)c1cc(Cl)sc12. The number of allylic oxidation sites excluding steroid dienone is 4. The molecule has 2 aliphatic heterocycles. The highest BCUT2D eigenvalue weighted by atomic mass is 35.5. The maximum Gasteiger partial charge on any atom is 0.297 e. The Balaban J connectivity index is 1.46. The van der Waals surface area contributed by atoms with E-state index in [0.29, 0.717) is 59.4 Å². The Morgan fingerprint density at radius 1 is 1.34 bits per heavy atom. The van der Waals surface area contributed by atoms with Crippen LogP contribution in [0.25, 0.3) is 0 Å². The summed E-state index contributed by atoms with van der Waals surface area (Å²) in [4.78, 5) is 6.62. The number of hydrogen-bond acceptors (Lipinski definition) is 5. The number of ether oxygens (including phenoxy) is 1. The second-order valence-corrected chi connectivity index (χ2v) is 10.1. The van der Waals surface area contributed by atoms with Crippen LogP contribution in [0.5, 0.6) is 0 Å². The lowest BCUT2D eigenvalue weighted by molar-refractivity contribution is -0.181. The Morgan fingerprint density at radius 3 is 2.72 bits per heavy atom. The second-order valence-electron chi connectivity index (χ2n) is 8.37. The first kappa shape index (κ1) is 23.5. The molecule has 0 radical (unpaired) electrons. The largest absolute Gasteiger partial charge is 0.402 e. The summed E-state index contributed by atoms with van der Waals surface area (Å²) in [7, 11) is 0. The van der Waals surface area contributed by atoms with Crippen LogP contribution < -0.4 is 5.73 Å². The van der Waals surface area contributed by atoms with Gasteiger partial charge in [-0.1, -0.05) is 11.6 Å². The lowest BCUT2D eigenvalue weighted by Gasteiger charge is -2.45. The topological polar surface area (TPSA) is 50.8 Å². The zero-order valence-corrected chi connectivity index (χ0v) is 19.1. The Morgan fingerprint density at radius 2 is 2.06 bits per heavy atom. The molecule has 1 saturated heterocycles. The van der Waals surface area contributed by atoms with Crippen molar-refractivity contribution in [3.63, 3.8) is 0 Å². The zero-order chi connectivity index (χ0) is 23.1. The van der Waals surface area contributed by atoms with Gasteiger partial charge in [0.25, 0.3) is 5.92 Å². The number of alkyl halides is 2. The highest BCUT2D eigenvalue weighted by molar-refractivity contribution is 7.16. The monoisotopic (exact) mass is 489 g/mol. The maximum absolute atomic E-state index is 14.3. The number of fused-ring (bicyclic) bond motifs is 2. The molecule has 0 amide bonds. The van der Waals surface area contributed by atoms with Crippen molar-refractivity contribution in [3.05, 3.63) is 55.5 Å². The van der Waals surface area contributed by atoms with Crippen LogP contribution in [0.2, 0.25) is 4.34 Å². The number of hydrogen-bond donors (Lipinski definition) is 1. The van der Waals surface area contributed by atoms with Crippen molar-refractivity contribution in [1.29, 1.82) is 0 Å². The van der Waals surface area contributed by atoms with Crippen LogP contribution in [-0.4, -0.2) is 37.4 Å². The molecule has 10 heteroatoms. The molecule has 3 heterocycles. The first-order valence-electron chi connectivity index (χ1n) is 10.4. The zero-order valence-electron chi connectivity index (χ0n) is 17.6. The van der Waals surface area contributed by atoms with Gasteiger partial charge in [0.15, 0.2) is 0 Å². The normalized spacial score (nSPS) is 24.0. The van der Waals surface area contributed by atoms with Crippen LogP contribution in [0.4, 0.5) is 17.6 Å². The molecule has 4 rings (SSSR count). The van der Waals surface area contributed by atoms with Gasteiger partial charge >= 0.3 is 0 Å². The minimum atomic E-state index is -3.04. The molecular formula is C22H24ClF4N3OS. The van der Waals surface area contributed by atoms with Gasteiger partial charge in [0, 0.05) is 54.0 Å². The summed E-state index contributed by atoms with van der Waals surface area (Å²) in [5.41, 5.74) is 6.05. The number of nitrogens with zero attached hydrogens (tertiary/aromatic N) is 2. The highest BCUT2D eigenvalue weighted by Crippen LogP contribution is 2.52. The molecule has 1 spiro atoms. The summed E-state index contributed by atoms with van der Waals surface area (Å²) in [5.74, 6) is -4.29. The number of rotatable bonds is 4. The Labute approximate surface area is 193 Å². The third kappa shape index (κ3) is 4.53. The molecular weight excluding hydrogens is 466 g/mol. The van der Waals surface area contributed by atoms with Crippen LogP contribution in [-0.2, 0) is 16.3 Å². The molecule has 0 saturated carbocycles. The fourth-order valence-electron chi connectivity index (χ4n) is 4.24. The number of aliphatic imine (C=N–C) groups is 1. The summed E-state index contributed by atoms with van der Waals surface area (Å²) in [6.07, 6.45) is 4.22. The van der Waals surface area contributed by atoms with Crippen LogP contribution in [0, 0.1) is 0 Å². The van der Waals surface area contributed by atoms with Gasteiger partial charge in [0.1, 0.15) is 29.6 Å². The van der Waals surface area contributed by atoms with Crippen LogP contribution in [0.1, 0.15) is 43.0 Å². The van der Waals surface area contributed by atoms with E-state index in [9.17, 15) is 17.6 Å². The van der Waals surface area contributed by atoms with Crippen molar-refractivity contribution in [2.24, 2.45) is 10.7 Å². The lowest BCUT2D eigenvalue weighted by atomic mass is 9.84. The average molecular weight is 490 g/mol. The predicted molar refractivity (Wildman–Crippen MR) is 118 cm³/mol. The van der Waals surface area contributed by atoms with E-state index in [2.05, 4.69) is 9.89 Å². The van der Waals surface area contributed by atoms with Gasteiger partial charge in [-0.15, -0.1) is 11.3 Å². The van der Waals surface area contributed by atoms with E-state index in [0.717, 1.165) is 11.3 Å². The predicted octanol–water partition coefficient (Wildman–Crippen LogP) is 5.95. The van der Waals surface area contributed by atoms with Gasteiger partial charge in [-0.25, -0.2) is 8.78 Å². The summed E-state index contributed by atoms with van der Waals surface area (Å²) in [6, 6.07) is 1.35. The van der Waals surface area contributed by atoms with E-state index in [4.69, 9.17) is 22.1 Å². The van der Waals surface area contributed by atoms with Crippen molar-refractivity contribution >= 4 is 29.2 Å². The van der Waals surface area contributed by atoms with Gasteiger partial charge in [-0.2, -0.15) is 8.78 Å². The molecule has 3 aliphatic rings. The second kappa shape index (κ2) is 8.93. The van der Waals surface area contributed by atoms with Gasteiger partial charge in [-0.3, -0.25) is 9.89 Å². The smallest absolute Gasteiger partial charge is 0.297 e. The first-order valence-corrected chi connectivity index (χ1v) is 11.6. The molecule has 1 aliphatic carbocycles. The van der Waals surface area contributed by atoms with E-state index < -0.39 is 29.8 Å². The Bertz CT molecular complexity index is 1020. The molecule has 0 unspecified atom stereocenters. The van der Waals surface area contributed by atoms with E-state index in [1.54, 1.807) is 6.92 Å². The fraction of sp³-hybridized carbons (Fsp3) is 0.500. The van der Waals surface area contributed by atoms with E-state index in [-0.39, 0.29) is 17.7 Å². The molecule has 32 heavy (non-hydrogen) atoms. The van der Waals surface area contributed by atoms with Gasteiger partial charge in [-0.05, 0) is 38.3 Å². The van der Waals surface area contributed by atoms with Crippen molar-refractivity contribution in [2.45, 2.75) is 44.1 Å². The summed E-state index contributed by atoms with van der Waals surface area (Å²) >= 11 is 7.21. The highest BCUT2D eigenvalue weighted by Gasteiger charge is 2.51. The summed E-state index contributed by atoms with van der Waals surface area (Å²) in [6.45, 7) is 2.63. The molecule has 1 fully saturated rings. The Kier molecular flexibility index (Phi) is 6.55. The van der Waals surface area contributed by atoms with Crippen molar-refractivity contribution in [2.75, 3.05) is 26.2 Å². The summed E-state index contributed by atoms with van der Waals surface area (Å²) < 4.78 is 62.5. The molecule has 0 aromatic carbocycles. The number of nitrogens with two attached hydrogens (primary N) is 1. The van der Waals surface area contributed by atoms with E-state index in [1.807, 2.05) is 0 Å². The first-order chi connectivity index (χ1) is 15.1.